The molecule has 2 heterocycles. The Morgan fingerprint density at radius 2 is 1.72 bits per heavy atom. The van der Waals surface area contributed by atoms with Gasteiger partial charge < -0.3 is 9.47 Å². The topological polar surface area (TPSA) is 89.3 Å². The molecular weight excluding hydrogens is 483 g/mol. The minimum absolute atomic E-state index is 0.0417. The standard InChI is InChI=1S/C22H15IN2O4/c24-14-16-11-15(6-7-18-5-1-4-10-25-18)12-17(13-16)23-19-20(26)28-22(29-21(19)27)8-2-3-9-22/h1,4-5,10-13H,2-3,8-9H2. The highest BCUT2D eigenvalue weighted by Crippen LogP contribution is 2.37. The normalized spacial score (nSPS) is 17.1. The summed E-state index contributed by atoms with van der Waals surface area (Å²) in [5.41, 5.74) is 1.65. The Bertz CT molecular complexity index is 1090. The van der Waals surface area contributed by atoms with Crippen molar-refractivity contribution in [1.29, 1.82) is 5.26 Å². The van der Waals surface area contributed by atoms with E-state index in [-0.39, 0.29) is 3.51 Å². The van der Waals surface area contributed by atoms with E-state index in [9.17, 15) is 14.9 Å². The number of halogens is 1. The summed E-state index contributed by atoms with van der Waals surface area (Å²) in [4.78, 5) is 29.1. The van der Waals surface area contributed by atoms with Gasteiger partial charge in [-0.2, -0.15) is 5.26 Å². The number of hydrogen-bond acceptors (Lipinski definition) is 6. The fourth-order valence-electron chi connectivity index (χ4n) is 3.19. The third kappa shape index (κ3) is 4.36. The van der Waals surface area contributed by atoms with Gasteiger partial charge in [-0.15, -0.1) is 0 Å². The van der Waals surface area contributed by atoms with Gasteiger partial charge in [-0.05, 0) is 49.1 Å². The molecule has 4 rings (SSSR count). The largest absolute Gasteiger partial charge is 0.418 e. The van der Waals surface area contributed by atoms with Gasteiger partial charge >= 0.3 is 11.9 Å². The molecule has 1 saturated heterocycles. The smallest absolute Gasteiger partial charge is 0.354 e. The van der Waals surface area contributed by atoms with Crippen LogP contribution in [0.1, 0.15) is 42.5 Å². The molecule has 0 radical (unpaired) electrons. The summed E-state index contributed by atoms with van der Waals surface area (Å²) in [7, 11) is 0. The van der Waals surface area contributed by atoms with Crippen molar-refractivity contribution in [3.63, 3.8) is 0 Å². The monoisotopic (exact) mass is 498 g/mol. The molecule has 29 heavy (non-hydrogen) atoms. The first kappa shape index (κ1) is 19.3. The van der Waals surface area contributed by atoms with Crippen molar-refractivity contribution in [2.75, 3.05) is 0 Å². The average molecular weight is 498 g/mol. The first-order chi connectivity index (χ1) is 14.1. The molecule has 7 heteroatoms. The Morgan fingerprint density at radius 1 is 1.00 bits per heavy atom. The van der Waals surface area contributed by atoms with Crippen LogP contribution < -0.4 is 0 Å². The Hall–Kier alpha value is -3.04. The van der Waals surface area contributed by atoms with Crippen molar-refractivity contribution in [3.8, 4) is 17.9 Å². The molecule has 0 bridgehead atoms. The second-order valence-electron chi connectivity index (χ2n) is 6.61. The molecule has 0 atom stereocenters. The van der Waals surface area contributed by atoms with Crippen LogP contribution in [0.15, 0.2) is 42.6 Å². The summed E-state index contributed by atoms with van der Waals surface area (Å²) in [6.07, 6.45) is 4.49. The maximum Gasteiger partial charge on any atom is 0.354 e. The van der Waals surface area contributed by atoms with E-state index in [1.54, 1.807) is 36.5 Å². The number of pyridine rings is 1. The van der Waals surface area contributed by atoms with Gasteiger partial charge in [0.1, 0.15) is 5.69 Å². The number of benzene rings is 1. The summed E-state index contributed by atoms with van der Waals surface area (Å²) in [5, 5.41) is 9.33. The van der Waals surface area contributed by atoms with Gasteiger partial charge in [0.15, 0.2) is 3.51 Å². The maximum atomic E-state index is 12.5. The molecule has 1 aromatic carbocycles. The number of rotatable bonds is 1. The van der Waals surface area contributed by atoms with Crippen LogP contribution in [0.5, 0.6) is 0 Å². The highest BCUT2D eigenvalue weighted by Gasteiger charge is 2.48. The quantitative estimate of drug-likeness (QED) is 0.341. The minimum Gasteiger partial charge on any atom is -0.418 e. The van der Waals surface area contributed by atoms with Gasteiger partial charge in [0, 0.05) is 28.2 Å². The predicted molar refractivity (Wildman–Crippen MR) is 112 cm³/mol. The Labute approximate surface area is 177 Å². The van der Waals surface area contributed by atoms with E-state index in [0.29, 0.717) is 29.7 Å². The van der Waals surface area contributed by atoms with Crippen molar-refractivity contribution < 1.29 is 19.1 Å². The Kier molecular flexibility index (Phi) is 5.41. The van der Waals surface area contributed by atoms with Crippen LogP contribution in [0.4, 0.5) is 0 Å². The number of aromatic nitrogens is 1. The van der Waals surface area contributed by atoms with Crippen LogP contribution >= 0.6 is 20.7 Å². The maximum absolute atomic E-state index is 12.5. The molecule has 1 aliphatic heterocycles. The van der Waals surface area contributed by atoms with Crippen LogP contribution in [0.25, 0.3) is 0 Å². The zero-order valence-electron chi connectivity index (χ0n) is 15.3. The summed E-state index contributed by atoms with van der Waals surface area (Å²) in [6.45, 7) is 0. The Balaban J connectivity index is 1.65. The number of carbonyl (C=O) groups excluding carboxylic acids is 2. The first-order valence-electron chi connectivity index (χ1n) is 9.04. The van der Waals surface area contributed by atoms with E-state index in [4.69, 9.17) is 9.47 Å². The lowest BCUT2D eigenvalue weighted by Crippen LogP contribution is -2.48. The Morgan fingerprint density at radius 3 is 2.38 bits per heavy atom. The lowest BCUT2D eigenvalue weighted by Gasteiger charge is -2.32. The van der Waals surface area contributed by atoms with Gasteiger partial charge in [0.05, 0.1) is 11.6 Å². The van der Waals surface area contributed by atoms with Gasteiger partial charge in [0.25, 0.3) is 5.79 Å². The van der Waals surface area contributed by atoms with E-state index in [0.717, 1.165) is 16.4 Å². The number of esters is 2. The summed E-state index contributed by atoms with van der Waals surface area (Å²) >= 11 is -1.18. The molecule has 1 spiro atoms. The third-order valence-electron chi connectivity index (χ3n) is 4.51. The summed E-state index contributed by atoms with van der Waals surface area (Å²) in [6, 6.07) is 12.7. The number of nitriles is 1. The zero-order valence-corrected chi connectivity index (χ0v) is 17.4. The second kappa shape index (κ2) is 8.14. The van der Waals surface area contributed by atoms with E-state index in [2.05, 4.69) is 22.9 Å². The summed E-state index contributed by atoms with van der Waals surface area (Å²) in [5.74, 6) is 3.66. The summed E-state index contributed by atoms with van der Waals surface area (Å²) < 4.78 is 11.7. The number of hydrogen-bond donors (Lipinski definition) is 0. The molecule has 6 nitrogen and oxygen atoms in total. The first-order valence-corrected chi connectivity index (χ1v) is 11.2. The zero-order chi connectivity index (χ0) is 20.3. The fourth-order valence-corrected chi connectivity index (χ4v) is 5.46. The molecule has 2 aromatic rings. The molecule has 0 N–H and O–H groups in total. The SMILES string of the molecule is N#Cc1cc(C#Cc2ccccn2)cc(I=C2C(=O)OC3(CCCC3)OC2=O)c1. The lowest BCUT2D eigenvalue weighted by molar-refractivity contribution is -0.224. The van der Waals surface area contributed by atoms with Crippen LogP contribution in [0.2, 0.25) is 0 Å². The van der Waals surface area contributed by atoms with Crippen molar-refractivity contribution >= 4 is 36.2 Å². The number of ether oxygens (including phenoxy) is 2. The molecule has 0 unspecified atom stereocenters. The molecule has 1 aliphatic carbocycles. The molecular formula is C22H15IN2O4. The van der Waals surface area contributed by atoms with Gasteiger partial charge in [-0.25, -0.2) is 14.6 Å². The van der Waals surface area contributed by atoms with Crippen LogP contribution in [-0.4, -0.2) is 26.2 Å². The third-order valence-corrected chi connectivity index (χ3v) is 7.18. The van der Waals surface area contributed by atoms with E-state index in [1.165, 1.54) is 0 Å². The molecule has 2 fully saturated rings. The van der Waals surface area contributed by atoms with Crippen molar-refractivity contribution in [2.24, 2.45) is 0 Å². The number of nitrogens with zero attached hydrogens (tertiary/aromatic N) is 2. The van der Waals surface area contributed by atoms with Crippen molar-refractivity contribution in [2.45, 2.75) is 31.5 Å². The van der Waals surface area contributed by atoms with Gasteiger partial charge in [0.2, 0.25) is 0 Å². The molecule has 1 aromatic heterocycles. The molecule has 2 aliphatic rings. The van der Waals surface area contributed by atoms with E-state index >= 15 is 0 Å². The van der Waals surface area contributed by atoms with Crippen molar-refractivity contribution in [1.82, 2.24) is 4.98 Å². The molecule has 1 saturated carbocycles. The highest BCUT2D eigenvalue weighted by atomic mass is 127. The van der Waals surface area contributed by atoms with E-state index in [1.807, 2.05) is 6.07 Å². The fraction of sp³-hybridized carbons (Fsp3) is 0.227. The average Bonchev–Trinajstić information content (AvgIpc) is 3.17. The van der Waals surface area contributed by atoms with Gasteiger partial charge in [-0.3, -0.25) is 0 Å². The lowest BCUT2D eigenvalue weighted by atomic mass is 10.1. The van der Waals surface area contributed by atoms with E-state index < -0.39 is 38.5 Å². The minimum atomic E-state index is -1.18. The van der Waals surface area contributed by atoms with Crippen molar-refractivity contribution in [3.05, 3.63) is 63.0 Å². The number of carbonyl (C=O) groups is 2. The van der Waals surface area contributed by atoms with Crippen LogP contribution in [0, 0.1) is 26.7 Å². The molecule has 0 amide bonds. The second-order valence-corrected chi connectivity index (χ2v) is 9.47. The highest BCUT2D eigenvalue weighted by molar-refractivity contribution is 14.2. The van der Waals surface area contributed by atoms with Crippen LogP contribution in [-0.2, 0) is 19.1 Å². The van der Waals surface area contributed by atoms with Gasteiger partial charge in [-0.1, -0.05) is 32.7 Å². The van der Waals surface area contributed by atoms with Crippen LogP contribution in [0.3, 0.4) is 0 Å². The predicted octanol–water partition coefficient (Wildman–Crippen LogP) is 3.04. The molecule has 144 valence electrons.